The third kappa shape index (κ3) is 12.7. The van der Waals surface area contributed by atoms with Gasteiger partial charge < -0.3 is 38.1 Å². The van der Waals surface area contributed by atoms with Crippen molar-refractivity contribution in [2.75, 3.05) is 75.0 Å². The number of benzene rings is 3. The van der Waals surface area contributed by atoms with Crippen molar-refractivity contribution < 1.29 is 49.4 Å². The summed E-state index contributed by atoms with van der Waals surface area (Å²) in [5.41, 5.74) is 15.8. The van der Waals surface area contributed by atoms with Gasteiger partial charge in [0, 0.05) is 40.3 Å². The molecule has 280 valence electrons. The van der Waals surface area contributed by atoms with Crippen LogP contribution in [0.3, 0.4) is 0 Å². The molecule has 0 aliphatic carbocycles. The first-order valence-electron chi connectivity index (χ1n) is 13.2. The van der Waals surface area contributed by atoms with Gasteiger partial charge in [0.15, 0.2) is 0 Å². The van der Waals surface area contributed by atoms with E-state index in [4.69, 9.17) is 34.5 Å². The Bertz CT molecular complexity index is 1650. The second kappa shape index (κ2) is 17.5. The van der Waals surface area contributed by atoms with Gasteiger partial charge in [0.2, 0.25) is 0 Å². The Balaban J connectivity index is 0.000000693. The molecule has 0 saturated carbocycles. The molecular formula is C27H33ClF9N9O4. The van der Waals surface area contributed by atoms with Crippen LogP contribution in [0.15, 0.2) is 36.4 Å². The number of rotatable bonds is 4. The number of nitrogen functional groups attached to an aromatic ring is 4. The van der Waals surface area contributed by atoms with Crippen LogP contribution in [0.25, 0.3) is 0 Å². The molecule has 23 heteroatoms. The molecule has 0 saturated heterocycles. The number of nitro benzene ring substituents is 2. The first kappa shape index (κ1) is 44.9. The fourth-order valence-corrected chi connectivity index (χ4v) is 3.80. The van der Waals surface area contributed by atoms with Gasteiger partial charge in [0.25, 0.3) is 11.4 Å². The second-order valence-corrected chi connectivity index (χ2v) is 10.5. The number of hydrogen-bond donors (Lipinski definition) is 5. The molecule has 0 fully saturated rings. The molecule has 0 spiro atoms. The van der Waals surface area contributed by atoms with Crippen molar-refractivity contribution in [1.29, 1.82) is 0 Å². The number of nitro groups is 2. The third-order valence-corrected chi connectivity index (χ3v) is 6.05. The van der Waals surface area contributed by atoms with E-state index < -0.39 is 67.2 Å². The van der Waals surface area contributed by atoms with E-state index in [1.807, 2.05) is 14.1 Å². The summed E-state index contributed by atoms with van der Waals surface area (Å²) in [6, 6.07) is 4.49. The minimum absolute atomic E-state index is 0.00852. The molecule has 13 nitrogen and oxygen atoms in total. The van der Waals surface area contributed by atoms with E-state index in [9.17, 15) is 59.7 Å². The van der Waals surface area contributed by atoms with Crippen LogP contribution in [0.5, 0.6) is 0 Å². The normalized spacial score (nSPS) is 11.1. The highest BCUT2D eigenvalue weighted by molar-refractivity contribution is 6.31. The fourth-order valence-electron chi connectivity index (χ4n) is 3.52. The van der Waals surface area contributed by atoms with Crippen molar-refractivity contribution in [2.24, 2.45) is 0 Å². The first-order valence-corrected chi connectivity index (χ1v) is 13.6. The van der Waals surface area contributed by atoms with Crippen LogP contribution in [-0.4, -0.2) is 52.1 Å². The summed E-state index contributed by atoms with van der Waals surface area (Å²) in [4.78, 5) is 21.5. The number of nitrogens with two attached hydrogens (primary N) is 4. The van der Waals surface area contributed by atoms with Crippen LogP contribution < -0.4 is 38.1 Å². The lowest BCUT2D eigenvalue weighted by Gasteiger charge is -2.20. The third-order valence-electron chi connectivity index (χ3n) is 5.74. The van der Waals surface area contributed by atoms with E-state index in [2.05, 4.69) is 5.32 Å². The van der Waals surface area contributed by atoms with Crippen molar-refractivity contribution in [3.63, 3.8) is 0 Å². The van der Waals surface area contributed by atoms with E-state index >= 15 is 0 Å². The smallest absolute Gasteiger partial charge is 0.397 e. The zero-order valence-corrected chi connectivity index (χ0v) is 27.7. The number of nitrogens with one attached hydrogen (secondary N) is 1. The highest BCUT2D eigenvalue weighted by atomic mass is 35.5. The summed E-state index contributed by atoms with van der Waals surface area (Å²) in [7, 11) is 9.58. The number of hydrogen-bond acceptors (Lipinski definition) is 11. The van der Waals surface area contributed by atoms with Crippen LogP contribution in [0.1, 0.15) is 16.7 Å². The maximum Gasteiger partial charge on any atom is 0.418 e. The maximum atomic E-state index is 12.7. The Morgan fingerprint density at radius 2 is 0.860 bits per heavy atom. The standard InChI is InChI=1S/C9H10F3N3O2.C9H12F3N3.C7H4ClF3N2O2.C2H7N/c1-14(2)7-4-6(13)8(15(16)17)3-5(7)9(10,11)12;1-15(2)8-4-7(14)6(13)3-5(8)9(10,11)12;8-4-2-5(12)6(13(14)15)1-3(4)7(9,10)11;1-3-2/h3-4H,13H2,1-2H3;3-4H,13-14H2,1-2H3;1-2H,12H2;3H,1-2H3. The van der Waals surface area contributed by atoms with Crippen molar-refractivity contribution in [3.8, 4) is 0 Å². The van der Waals surface area contributed by atoms with Gasteiger partial charge in [-0.1, -0.05) is 11.6 Å². The van der Waals surface area contributed by atoms with Gasteiger partial charge in [-0.05, 0) is 38.4 Å². The minimum Gasteiger partial charge on any atom is -0.397 e. The topological polar surface area (TPSA) is 209 Å². The van der Waals surface area contributed by atoms with E-state index in [-0.39, 0.29) is 28.4 Å². The molecule has 3 aromatic carbocycles. The molecule has 9 N–H and O–H groups in total. The van der Waals surface area contributed by atoms with Crippen LogP contribution in [0.2, 0.25) is 5.02 Å². The summed E-state index contributed by atoms with van der Waals surface area (Å²) in [6.07, 6.45) is -13.8. The summed E-state index contributed by atoms with van der Waals surface area (Å²) >= 11 is 5.27. The molecule has 0 bridgehead atoms. The average molecular weight is 754 g/mol. The molecular weight excluding hydrogens is 721 g/mol. The Morgan fingerprint density at radius 3 is 1.18 bits per heavy atom. The predicted molar refractivity (Wildman–Crippen MR) is 174 cm³/mol. The van der Waals surface area contributed by atoms with Gasteiger partial charge in [-0.3, -0.25) is 20.2 Å². The molecule has 0 unspecified atom stereocenters. The summed E-state index contributed by atoms with van der Waals surface area (Å²) in [5.74, 6) is 0. The van der Waals surface area contributed by atoms with Crippen LogP contribution in [-0.2, 0) is 18.5 Å². The predicted octanol–water partition coefficient (Wildman–Crippen LogP) is 6.88. The average Bonchev–Trinajstić information content (AvgIpc) is 2.92. The zero-order chi connectivity index (χ0) is 39.7. The molecule has 50 heavy (non-hydrogen) atoms. The lowest BCUT2D eigenvalue weighted by Crippen LogP contribution is -2.17. The minimum atomic E-state index is -4.74. The summed E-state index contributed by atoms with van der Waals surface area (Å²) in [5, 5.41) is 22.9. The molecule has 0 aliphatic rings. The van der Waals surface area contributed by atoms with Crippen molar-refractivity contribution in [3.05, 3.63) is 78.3 Å². The summed E-state index contributed by atoms with van der Waals surface area (Å²) in [6.45, 7) is 0. The number of anilines is 6. The van der Waals surface area contributed by atoms with Gasteiger partial charge in [0.05, 0.1) is 54.3 Å². The quantitative estimate of drug-likeness (QED) is 0.0802. The molecule has 0 amide bonds. The highest BCUT2D eigenvalue weighted by Crippen LogP contribution is 2.42. The van der Waals surface area contributed by atoms with Crippen molar-refractivity contribution >= 4 is 57.1 Å². The number of halogens is 10. The van der Waals surface area contributed by atoms with Crippen molar-refractivity contribution in [1.82, 2.24) is 5.32 Å². The van der Waals surface area contributed by atoms with E-state index in [1.165, 1.54) is 44.1 Å². The Morgan fingerprint density at radius 1 is 0.580 bits per heavy atom. The van der Waals surface area contributed by atoms with Gasteiger partial charge in [-0.15, -0.1) is 0 Å². The lowest BCUT2D eigenvalue weighted by atomic mass is 10.1. The van der Waals surface area contributed by atoms with Crippen molar-refractivity contribution in [2.45, 2.75) is 18.5 Å². The van der Waals surface area contributed by atoms with E-state index in [0.29, 0.717) is 18.2 Å². The molecule has 0 aliphatic heterocycles. The van der Waals surface area contributed by atoms with Gasteiger partial charge in [0.1, 0.15) is 11.4 Å². The summed E-state index contributed by atoms with van der Waals surface area (Å²) < 4.78 is 113. The molecule has 0 aromatic heterocycles. The van der Waals surface area contributed by atoms with E-state index in [0.717, 1.165) is 12.1 Å². The van der Waals surface area contributed by atoms with Crippen LogP contribution in [0.4, 0.5) is 85.0 Å². The second-order valence-electron chi connectivity index (χ2n) is 10.1. The first-order chi connectivity index (χ1) is 22.5. The Labute approximate surface area is 283 Å². The molecule has 3 rings (SSSR count). The molecule has 3 aromatic rings. The fraction of sp³-hybridized carbons (Fsp3) is 0.333. The van der Waals surface area contributed by atoms with Gasteiger partial charge >= 0.3 is 18.5 Å². The van der Waals surface area contributed by atoms with Gasteiger partial charge in [-0.25, -0.2) is 0 Å². The maximum absolute atomic E-state index is 12.7. The SMILES string of the molecule is CN(C)c1cc(N)c(N)cc1C(F)(F)F.CN(C)c1cc(N)c([N+](=O)[O-])cc1C(F)(F)F.CNC.Nc1cc(Cl)c(C(F)(F)F)cc1[N+](=O)[O-]. The molecule has 0 radical (unpaired) electrons. The van der Waals surface area contributed by atoms with Gasteiger partial charge in [-0.2, -0.15) is 39.5 Å². The Kier molecular flexibility index (Phi) is 15.7. The monoisotopic (exact) mass is 753 g/mol. The zero-order valence-electron chi connectivity index (χ0n) is 27.0. The largest absolute Gasteiger partial charge is 0.418 e. The highest BCUT2D eigenvalue weighted by Gasteiger charge is 2.38. The van der Waals surface area contributed by atoms with Crippen LogP contribution >= 0.6 is 11.6 Å². The number of nitrogens with zero attached hydrogens (tertiary/aromatic N) is 4. The lowest BCUT2D eigenvalue weighted by molar-refractivity contribution is -0.384. The molecule has 0 atom stereocenters. The Hall–Kier alpha value is -5.12. The molecule has 0 heterocycles. The van der Waals surface area contributed by atoms with Crippen LogP contribution in [0, 0.1) is 20.2 Å². The number of alkyl halides is 9. The van der Waals surface area contributed by atoms with E-state index in [1.54, 1.807) is 0 Å².